The molecule has 1 fully saturated rings. The fourth-order valence-electron chi connectivity index (χ4n) is 4.36. The average Bonchev–Trinajstić information content (AvgIpc) is 2.98. The van der Waals surface area contributed by atoms with E-state index < -0.39 is 0 Å². The van der Waals surface area contributed by atoms with Crippen molar-refractivity contribution in [2.75, 3.05) is 57.3 Å². The van der Waals surface area contributed by atoms with Crippen LogP contribution >= 0.6 is 0 Å². The second kappa shape index (κ2) is 10.1. The summed E-state index contributed by atoms with van der Waals surface area (Å²) >= 11 is 0. The van der Waals surface area contributed by atoms with Gasteiger partial charge in [0.05, 0.1) is 6.61 Å². The molecule has 1 saturated heterocycles. The van der Waals surface area contributed by atoms with E-state index in [0.717, 1.165) is 61.5 Å². The molecule has 0 aromatic heterocycles. The van der Waals surface area contributed by atoms with E-state index in [1.54, 1.807) is 23.1 Å². The number of benzene rings is 2. The van der Waals surface area contributed by atoms with Crippen molar-refractivity contribution in [1.29, 1.82) is 0 Å². The molecule has 0 radical (unpaired) electrons. The summed E-state index contributed by atoms with van der Waals surface area (Å²) < 4.78 is 32.7. The van der Waals surface area contributed by atoms with Gasteiger partial charge in [0.25, 0.3) is 0 Å². The van der Waals surface area contributed by atoms with Crippen LogP contribution < -0.4 is 4.90 Å². The van der Waals surface area contributed by atoms with Gasteiger partial charge in [-0.2, -0.15) is 0 Å². The number of piperazine rings is 1. The van der Waals surface area contributed by atoms with E-state index in [1.165, 1.54) is 18.2 Å². The Hall–Kier alpha value is -2.93. The predicted octanol–water partition coefficient (Wildman–Crippen LogP) is 4.38. The van der Waals surface area contributed by atoms with Gasteiger partial charge in [0.15, 0.2) is 0 Å². The van der Waals surface area contributed by atoms with Crippen LogP contribution in [0.3, 0.4) is 0 Å². The predicted molar refractivity (Wildman–Crippen MR) is 122 cm³/mol. The lowest BCUT2D eigenvalue weighted by Gasteiger charge is -2.35. The molecule has 2 aromatic rings. The zero-order valence-electron chi connectivity index (χ0n) is 18.4. The first kappa shape index (κ1) is 22.3. The van der Waals surface area contributed by atoms with Crippen molar-refractivity contribution in [2.45, 2.75) is 13.3 Å². The maximum atomic E-state index is 14.2. The standard InChI is InChI=1S/C25H29F2N3O2/c1-2-32-25(31)30-16-13-28(14-17-30)12-15-29-11-3-4-22(19-5-7-20(26)8-6-19)23-10-9-21(27)18-24(23)29/h4-10,18H,2-3,11-17H2,1H3. The maximum absolute atomic E-state index is 14.2. The van der Waals surface area contributed by atoms with Crippen molar-refractivity contribution < 1.29 is 18.3 Å². The van der Waals surface area contributed by atoms with Crippen molar-refractivity contribution >= 4 is 17.4 Å². The van der Waals surface area contributed by atoms with Gasteiger partial charge in [-0.3, -0.25) is 4.90 Å². The third-order valence-electron chi connectivity index (χ3n) is 6.08. The molecule has 0 saturated carbocycles. The molecule has 2 heterocycles. The Morgan fingerprint density at radius 1 is 0.938 bits per heavy atom. The summed E-state index contributed by atoms with van der Waals surface area (Å²) in [7, 11) is 0. The van der Waals surface area contributed by atoms with Crippen LogP contribution in [0.4, 0.5) is 19.3 Å². The van der Waals surface area contributed by atoms with Crippen molar-refractivity contribution in [3.8, 4) is 0 Å². The SMILES string of the molecule is CCOC(=O)N1CCN(CCN2CCC=C(c3ccc(F)cc3)c3ccc(F)cc32)CC1. The van der Waals surface area contributed by atoms with Gasteiger partial charge in [0.1, 0.15) is 11.6 Å². The molecule has 2 aromatic carbocycles. The molecular formula is C25H29F2N3O2. The van der Waals surface area contributed by atoms with E-state index in [9.17, 15) is 13.6 Å². The molecular weight excluding hydrogens is 412 g/mol. The van der Waals surface area contributed by atoms with Crippen LogP contribution in [0.1, 0.15) is 24.5 Å². The van der Waals surface area contributed by atoms with Crippen molar-refractivity contribution in [3.63, 3.8) is 0 Å². The van der Waals surface area contributed by atoms with E-state index in [4.69, 9.17) is 4.74 Å². The zero-order valence-corrected chi connectivity index (χ0v) is 18.4. The second-order valence-corrected chi connectivity index (χ2v) is 8.09. The normalized spacial score (nSPS) is 16.9. The summed E-state index contributed by atoms with van der Waals surface area (Å²) in [4.78, 5) is 18.2. The smallest absolute Gasteiger partial charge is 0.409 e. The summed E-state index contributed by atoms with van der Waals surface area (Å²) in [6.07, 6.45) is 2.73. The van der Waals surface area contributed by atoms with Crippen molar-refractivity contribution in [1.82, 2.24) is 9.80 Å². The van der Waals surface area contributed by atoms with Crippen molar-refractivity contribution in [3.05, 3.63) is 71.3 Å². The Bertz CT molecular complexity index is 970. The number of fused-ring (bicyclic) bond motifs is 1. The van der Waals surface area contributed by atoms with Gasteiger partial charge in [0.2, 0.25) is 0 Å². The quantitative estimate of drug-likeness (QED) is 0.690. The lowest BCUT2D eigenvalue weighted by atomic mass is 9.96. The first-order chi connectivity index (χ1) is 15.5. The van der Waals surface area contributed by atoms with Crippen LogP contribution in [0, 0.1) is 11.6 Å². The molecule has 0 bridgehead atoms. The molecule has 4 rings (SSSR count). The minimum Gasteiger partial charge on any atom is -0.450 e. The Morgan fingerprint density at radius 2 is 1.66 bits per heavy atom. The van der Waals surface area contributed by atoms with E-state index in [1.807, 2.05) is 13.0 Å². The minimum atomic E-state index is -0.271. The zero-order chi connectivity index (χ0) is 22.5. The molecule has 0 aliphatic carbocycles. The molecule has 170 valence electrons. The van der Waals surface area contributed by atoms with Crippen LogP contribution in [0.15, 0.2) is 48.5 Å². The fraction of sp³-hybridized carbons (Fsp3) is 0.400. The second-order valence-electron chi connectivity index (χ2n) is 8.09. The summed E-state index contributed by atoms with van der Waals surface area (Å²) in [5.74, 6) is -0.538. The first-order valence-corrected chi connectivity index (χ1v) is 11.2. The van der Waals surface area contributed by atoms with E-state index in [2.05, 4.69) is 15.9 Å². The van der Waals surface area contributed by atoms with E-state index in [-0.39, 0.29) is 17.7 Å². The lowest BCUT2D eigenvalue weighted by molar-refractivity contribution is 0.0803. The van der Waals surface area contributed by atoms with Crippen molar-refractivity contribution in [2.24, 2.45) is 0 Å². The van der Waals surface area contributed by atoms with Gasteiger partial charge in [-0.05, 0) is 54.8 Å². The van der Waals surface area contributed by atoms with Gasteiger partial charge in [0, 0.05) is 57.1 Å². The molecule has 0 unspecified atom stereocenters. The molecule has 0 atom stereocenters. The largest absolute Gasteiger partial charge is 0.450 e. The van der Waals surface area contributed by atoms with Gasteiger partial charge in [-0.1, -0.05) is 18.2 Å². The Morgan fingerprint density at radius 3 is 2.38 bits per heavy atom. The van der Waals surface area contributed by atoms with E-state index in [0.29, 0.717) is 19.7 Å². The Labute approximate surface area is 187 Å². The monoisotopic (exact) mass is 441 g/mol. The number of amides is 1. The van der Waals surface area contributed by atoms with Crippen LogP contribution in [-0.4, -0.2) is 68.3 Å². The molecule has 7 heteroatoms. The summed E-state index contributed by atoms with van der Waals surface area (Å²) in [5.41, 5.74) is 3.76. The number of carbonyl (C=O) groups excluding carboxylic acids is 1. The average molecular weight is 442 g/mol. The fourth-order valence-corrected chi connectivity index (χ4v) is 4.36. The molecule has 5 nitrogen and oxygen atoms in total. The van der Waals surface area contributed by atoms with Crippen LogP contribution in [0.25, 0.3) is 5.57 Å². The van der Waals surface area contributed by atoms with Crippen LogP contribution in [0.2, 0.25) is 0 Å². The van der Waals surface area contributed by atoms with Crippen LogP contribution in [-0.2, 0) is 4.74 Å². The third kappa shape index (κ3) is 5.10. The topological polar surface area (TPSA) is 36.0 Å². The highest BCUT2D eigenvalue weighted by Gasteiger charge is 2.24. The van der Waals surface area contributed by atoms with Gasteiger partial charge in [-0.25, -0.2) is 13.6 Å². The molecule has 1 amide bonds. The summed E-state index contributed by atoms with van der Waals surface area (Å²) in [6, 6.07) is 11.3. The lowest BCUT2D eigenvalue weighted by Crippen LogP contribution is -2.50. The highest BCUT2D eigenvalue weighted by Crippen LogP contribution is 2.35. The van der Waals surface area contributed by atoms with Gasteiger partial charge in [-0.15, -0.1) is 0 Å². The number of halogens is 2. The number of hydrogen-bond acceptors (Lipinski definition) is 4. The minimum absolute atomic E-state index is 0.247. The summed E-state index contributed by atoms with van der Waals surface area (Å²) in [6.45, 7) is 7.47. The van der Waals surface area contributed by atoms with Gasteiger partial charge >= 0.3 is 6.09 Å². The molecule has 32 heavy (non-hydrogen) atoms. The number of ether oxygens (including phenoxy) is 1. The number of anilines is 1. The highest BCUT2D eigenvalue weighted by molar-refractivity contribution is 5.87. The molecule has 0 spiro atoms. The summed E-state index contributed by atoms with van der Waals surface area (Å²) in [5, 5.41) is 0. The molecule has 2 aliphatic heterocycles. The van der Waals surface area contributed by atoms with Crippen LogP contribution in [0.5, 0.6) is 0 Å². The maximum Gasteiger partial charge on any atom is 0.409 e. The number of carbonyl (C=O) groups is 1. The van der Waals surface area contributed by atoms with E-state index >= 15 is 0 Å². The molecule has 2 aliphatic rings. The molecule has 0 N–H and O–H groups in total. The number of rotatable bonds is 5. The highest BCUT2D eigenvalue weighted by atomic mass is 19.1. The first-order valence-electron chi connectivity index (χ1n) is 11.2. The number of hydrogen-bond donors (Lipinski definition) is 0. The Balaban J connectivity index is 1.45. The Kier molecular flexibility index (Phi) is 7.05. The van der Waals surface area contributed by atoms with Gasteiger partial charge < -0.3 is 14.5 Å². The number of nitrogens with zero attached hydrogens (tertiary/aromatic N) is 3. The third-order valence-corrected chi connectivity index (χ3v) is 6.08.